The highest BCUT2D eigenvalue weighted by molar-refractivity contribution is 9.10. The van der Waals surface area contributed by atoms with Crippen LogP contribution < -0.4 is 0 Å². The summed E-state index contributed by atoms with van der Waals surface area (Å²) in [4.78, 5) is 13.0. The number of carbonyl (C=O) groups is 1. The molecule has 0 atom stereocenters. The number of carboxylic acid groups (broad SMARTS) is 1. The molecular formula is C13H15BrFNO2. The Bertz CT molecular complexity index is 424. The summed E-state index contributed by atoms with van der Waals surface area (Å²) in [5, 5.41) is 8.91. The van der Waals surface area contributed by atoms with Gasteiger partial charge in [0.25, 0.3) is 0 Å². The van der Waals surface area contributed by atoms with E-state index in [2.05, 4.69) is 20.8 Å². The molecule has 1 N–H and O–H groups in total. The minimum absolute atomic E-state index is 0.222. The minimum Gasteiger partial charge on any atom is -0.481 e. The first kappa shape index (κ1) is 13.5. The molecule has 0 radical (unpaired) electrons. The van der Waals surface area contributed by atoms with Crippen molar-refractivity contribution in [3.8, 4) is 0 Å². The van der Waals surface area contributed by atoms with E-state index in [1.54, 1.807) is 0 Å². The van der Waals surface area contributed by atoms with Crippen LogP contribution in [0.15, 0.2) is 22.7 Å². The third kappa shape index (κ3) is 3.53. The van der Waals surface area contributed by atoms with E-state index in [9.17, 15) is 9.18 Å². The van der Waals surface area contributed by atoms with Crippen LogP contribution in [-0.2, 0) is 11.3 Å². The van der Waals surface area contributed by atoms with E-state index in [0.29, 0.717) is 19.4 Å². The van der Waals surface area contributed by atoms with Crippen LogP contribution in [0.3, 0.4) is 0 Å². The lowest BCUT2D eigenvalue weighted by Crippen LogP contribution is -2.35. The molecule has 1 fully saturated rings. The maximum Gasteiger partial charge on any atom is 0.306 e. The van der Waals surface area contributed by atoms with Crippen molar-refractivity contribution in [2.45, 2.75) is 19.4 Å². The van der Waals surface area contributed by atoms with Gasteiger partial charge in [0.15, 0.2) is 0 Å². The van der Waals surface area contributed by atoms with Crippen LogP contribution in [-0.4, -0.2) is 29.1 Å². The Kier molecular flexibility index (Phi) is 4.35. The van der Waals surface area contributed by atoms with Gasteiger partial charge in [-0.2, -0.15) is 0 Å². The van der Waals surface area contributed by atoms with Gasteiger partial charge in [-0.05, 0) is 49.7 Å². The monoisotopic (exact) mass is 315 g/mol. The number of piperidine rings is 1. The number of rotatable bonds is 3. The molecule has 0 aromatic heterocycles. The zero-order valence-corrected chi connectivity index (χ0v) is 11.5. The summed E-state index contributed by atoms with van der Waals surface area (Å²) in [7, 11) is 0. The highest BCUT2D eigenvalue weighted by Gasteiger charge is 2.24. The van der Waals surface area contributed by atoms with E-state index in [4.69, 9.17) is 5.11 Å². The molecule has 0 saturated carbocycles. The molecule has 1 aliphatic rings. The highest BCUT2D eigenvalue weighted by Crippen LogP contribution is 2.21. The molecule has 1 aromatic carbocycles. The standard InChI is InChI=1S/C13H15BrFNO2/c14-11-5-9(6-12(15)7-11)8-16-3-1-10(2-4-16)13(17)18/h5-7,10H,1-4,8H2,(H,17,18). The largest absolute Gasteiger partial charge is 0.481 e. The zero-order chi connectivity index (χ0) is 13.1. The molecule has 18 heavy (non-hydrogen) atoms. The number of hydrogen-bond donors (Lipinski definition) is 1. The summed E-state index contributed by atoms with van der Waals surface area (Å²) in [6.07, 6.45) is 1.34. The molecule has 0 unspecified atom stereocenters. The molecule has 1 aromatic rings. The van der Waals surface area contributed by atoms with E-state index < -0.39 is 5.97 Å². The second-order valence-corrected chi connectivity index (χ2v) is 5.58. The first-order valence-electron chi connectivity index (χ1n) is 5.95. The predicted molar refractivity (Wildman–Crippen MR) is 69.7 cm³/mol. The van der Waals surface area contributed by atoms with E-state index >= 15 is 0 Å². The SMILES string of the molecule is O=C(O)C1CCN(Cc2cc(F)cc(Br)c2)CC1. The second-order valence-electron chi connectivity index (χ2n) is 4.67. The van der Waals surface area contributed by atoms with Crippen LogP contribution in [0, 0.1) is 11.7 Å². The average Bonchev–Trinajstić information content (AvgIpc) is 2.28. The Morgan fingerprint density at radius 2 is 2.06 bits per heavy atom. The van der Waals surface area contributed by atoms with Gasteiger partial charge in [-0.15, -0.1) is 0 Å². The topological polar surface area (TPSA) is 40.5 Å². The van der Waals surface area contributed by atoms with Gasteiger partial charge in [0.2, 0.25) is 0 Å². The number of aliphatic carboxylic acids is 1. The van der Waals surface area contributed by atoms with Crippen LogP contribution in [0.4, 0.5) is 4.39 Å². The molecule has 0 aliphatic carbocycles. The third-order valence-electron chi connectivity index (χ3n) is 3.27. The van der Waals surface area contributed by atoms with E-state index in [1.165, 1.54) is 12.1 Å². The van der Waals surface area contributed by atoms with Gasteiger partial charge in [0.05, 0.1) is 5.92 Å². The first-order chi connectivity index (χ1) is 8.54. The van der Waals surface area contributed by atoms with Gasteiger partial charge in [-0.3, -0.25) is 9.69 Å². The molecular weight excluding hydrogens is 301 g/mol. The second kappa shape index (κ2) is 5.80. The number of nitrogens with zero attached hydrogens (tertiary/aromatic N) is 1. The highest BCUT2D eigenvalue weighted by atomic mass is 79.9. The van der Waals surface area contributed by atoms with Gasteiger partial charge in [-0.25, -0.2) is 4.39 Å². The Balaban J connectivity index is 1.93. The van der Waals surface area contributed by atoms with Crippen molar-refractivity contribution in [2.24, 2.45) is 5.92 Å². The molecule has 0 amide bonds. The van der Waals surface area contributed by atoms with Crippen molar-refractivity contribution >= 4 is 21.9 Å². The van der Waals surface area contributed by atoms with Crippen LogP contribution in [0.25, 0.3) is 0 Å². The number of likely N-dealkylation sites (tertiary alicyclic amines) is 1. The Hall–Kier alpha value is -0.940. The fourth-order valence-electron chi connectivity index (χ4n) is 2.30. The molecule has 1 saturated heterocycles. The zero-order valence-electron chi connectivity index (χ0n) is 9.90. The quantitative estimate of drug-likeness (QED) is 0.932. The van der Waals surface area contributed by atoms with Crippen LogP contribution in [0.2, 0.25) is 0 Å². The van der Waals surface area contributed by atoms with Gasteiger partial charge >= 0.3 is 5.97 Å². The number of hydrogen-bond acceptors (Lipinski definition) is 2. The summed E-state index contributed by atoms with van der Waals surface area (Å²) in [6, 6.07) is 4.85. The molecule has 1 heterocycles. The van der Waals surface area contributed by atoms with Crippen molar-refractivity contribution < 1.29 is 14.3 Å². The van der Waals surface area contributed by atoms with Crippen molar-refractivity contribution in [3.05, 3.63) is 34.1 Å². The summed E-state index contributed by atoms with van der Waals surface area (Å²) in [6.45, 7) is 2.18. The Morgan fingerprint density at radius 1 is 1.39 bits per heavy atom. The molecule has 5 heteroatoms. The molecule has 0 spiro atoms. The number of halogens is 2. The van der Waals surface area contributed by atoms with Gasteiger partial charge in [0, 0.05) is 11.0 Å². The smallest absolute Gasteiger partial charge is 0.306 e. The van der Waals surface area contributed by atoms with E-state index in [1.807, 2.05) is 6.07 Å². The van der Waals surface area contributed by atoms with Crippen LogP contribution in [0.1, 0.15) is 18.4 Å². The molecule has 0 bridgehead atoms. The van der Waals surface area contributed by atoms with Gasteiger partial charge in [-0.1, -0.05) is 15.9 Å². The maximum atomic E-state index is 13.2. The van der Waals surface area contributed by atoms with E-state index in [0.717, 1.165) is 23.1 Å². The summed E-state index contributed by atoms with van der Waals surface area (Å²) < 4.78 is 14.0. The summed E-state index contributed by atoms with van der Waals surface area (Å²) in [5.74, 6) is -1.18. The predicted octanol–water partition coefficient (Wildman–Crippen LogP) is 2.88. The van der Waals surface area contributed by atoms with Gasteiger partial charge < -0.3 is 5.11 Å². The maximum absolute atomic E-state index is 13.2. The normalized spacial score (nSPS) is 17.9. The first-order valence-corrected chi connectivity index (χ1v) is 6.74. The number of carboxylic acids is 1. The Labute approximate surface area is 114 Å². The lowest BCUT2D eigenvalue weighted by atomic mass is 9.97. The number of benzene rings is 1. The van der Waals surface area contributed by atoms with E-state index in [-0.39, 0.29) is 11.7 Å². The fraction of sp³-hybridized carbons (Fsp3) is 0.462. The van der Waals surface area contributed by atoms with Gasteiger partial charge in [0.1, 0.15) is 5.82 Å². The summed E-state index contributed by atoms with van der Waals surface area (Å²) >= 11 is 3.27. The fourth-order valence-corrected chi connectivity index (χ4v) is 2.81. The van der Waals surface area contributed by atoms with Crippen molar-refractivity contribution in [3.63, 3.8) is 0 Å². The molecule has 3 nitrogen and oxygen atoms in total. The third-order valence-corrected chi connectivity index (χ3v) is 3.72. The average molecular weight is 316 g/mol. The van der Waals surface area contributed by atoms with Crippen molar-refractivity contribution in [2.75, 3.05) is 13.1 Å². The minimum atomic E-state index is -0.705. The Morgan fingerprint density at radius 3 is 2.61 bits per heavy atom. The molecule has 98 valence electrons. The molecule has 1 aliphatic heterocycles. The lowest BCUT2D eigenvalue weighted by Gasteiger charge is -2.30. The molecule has 2 rings (SSSR count). The van der Waals surface area contributed by atoms with Crippen LogP contribution in [0.5, 0.6) is 0 Å². The van der Waals surface area contributed by atoms with Crippen molar-refractivity contribution in [1.29, 1.82) is 0 Å². The summed E-state index contributed by atoms with van der Waals surface area (Å²) in [5.41, 5.74) is 0.913. The lowest BCUT2D eigenvalue weighted by molar-refractivity contribution is -0.143. The van der Waals surface area contributed by atoms with Crippen molar-refractivity contribution in [1.82, 2.24) is 4.90 Å². The van der Waals surface area contributed by atoms with Crippen LogP contribution >= 0.6 is 15.9 Å².